The normalized spacial score (nSPS) is 21.7. The minimum atomic E-state index is -0.181. The lowest BCUT2D eigenvalue weighted by Gasteiger charge is -2.36. The van der Waals surface area contributed by atoms with Crippen LogP contribution in [-0.2, 0) is 0 Å². The molecule has 2 aliphatic heterocycles. The number of thioether (sulfide) groups is 1. The monoisotopic (exact) mass is 399 g/mol. The highest BCUT2D eigenvalue weighted by Crippen LogP contribution is 2.37. The van der Waals surface area contributed by atoms with Crippen molar-refractivity contribution in [3.8, 4) is 0 Å². The number of fused-ring (bicyclic) bond motifs is 1. The number of oxime groups is 1. The molecule has 2 aromatic carbocycles. The van der Waals surface area contributed by atoms with Crippen molar-refractivity contribution in [1.82, 2.24) is 4.90 Å². The number of rotatable bonds is 5. The van der Waals surface area contributed by atoms with Crippen LogP contribution in [0.5, 0.6) is 0 Å². The van der Waals surface area contributed by atoms with Crippen LogP contribution < -0.4 is 4.90 Å². The SMILES string of the molecule is ON=C1CC(CCCN2CCN(c3ccc(F)cc3)CC2)Sc2ccccc21. The van der Waals surface area contributed by atoms with Crippen molar-refractivity contribution in [2.45, 2.75) is 29.4 Å². The van der Waals surface area contributed by atoms with E-state index in [0.717, 1.165) is 68.9 Å². The lowest BCUT2D eigenvalue weighted by Crippen LogP contribution is -2.46. The molecule has 28 heavy (non-hydrogen) atoms. The molecule has 0 spiro atoms. The first-order valence-corrected chi connectivity index (χ1v) is 10.8. The molecule has 2 aromatic rings. The zero-order valence-electron chi connectivity index (χ0n) is 15.9. The summed E-state index contributed by atoms with van der Waals surface area (Å²) in [5, 5.41) is 13.4. The molecule has 0 amide bonds. The van der Waals surface area contributed by atoms with Gasteiger partial charge in [-0.25, -0.2) is 4.39 Å². The fourth-order valence-corrected chi connectivity index (χ4v) is 5.39. The summed E-state index contributed by atoms with van der Waals surface area (Å²) in [6, 6.07) is 15.0. The van der Waals surface area contributed by atoms with E-state index in [0.29, 0.717) is 5.25 Å². The summed E-state index contributed by atoms with van der Waals surface area (Å²) in [5.41, 5.74) is 2.99. The van der Waals surface area contributed by atoms with E-state index in [1.54, 1.807) is 0 Å². The first kappa shape index (κ1) is 19.3. The molecule has 6 heteroatoms. The number of hydrogen-bond acceptors (Lipinski definition) is 5. The predicted molar refractivity (Wildman–Crippen MR) is 113 cm³/mol. The van der Waals surface area contributed by atoms with E-state index < -0.39 is 0 Å². The summed E-state index contributed by atoms with van der Waals surface area (Å²) in [6.07, 6.45) is 3.10. The standard InChI is InChI=1S/C22H26FN3OS/c23-17-7-9-18(10-8-17)26-14-12-25(13-15-26)11-3-4-19-16-21(24-27)20-5-1-2-6-22(20)28-19/h1-2,5-10,19,27H,3-4,11-16H2. The van der Waals surface area contributed by atoms with Gasteiger partial charge in [0.25, 0.3) is 0 Å². The Labute approximate surface area is 170 Å². The molecular weight excluding hydrogens is 373 g/mol. The van der Waals surface area contributed by atoms with Crippen LogP contribution in [0.3, 0.4) is 0 Å². The van der Waals surface area contributed by atoms with Gasteiger partial charge in [0.15, 0.2) is 0 Å². The molecule has 1 fully saturated rings. The van der Waals surface area contributed by atoms with Crippen molar-refractivity contribution in [2.75, 3.05) is 37.6 Å². The average Bonchev–Trinajstić information content (AvgIpc) is 2.74. The van der Waals surface area contributed by atoms with Gasteiger partial charge >= 0.3 is 0 Å². The molecule has 1 unspecified atom stereocenters. The van der Waals surface area contributed by atoms with Gasteiger partial charge in [-0.05, 0) is 49.7 Å². The first-order chi connectivity index (χ1) is 13.7. The van der Waals surface area contributed by atoms with Gasteiger partial charge < -0.3 is 10.1 Å². The number of halogens is 1. The molecule has 1 N–H and O–H groups in total. The first-order valence-electron chi connectivity index (χ1n) is 9.93. The van der Waals surface area contributed by atoms with Crippen LogP contribution in [0.1, 0.15) is 24.8 Å². The maximum Gasteiger partial charge on any atom is 0.123 e. The van der Waals surface area contributed by atoms with Crippen LogP contribution in [0.4, 0.5) is 10.1 Å². The molecule has 4 rings (SSSR count). The van der Waals surface area contributed by atoms with Crippen molar-refractivity contribution < 1.29 is 9.60 Å². The fraction of sp³-hybridized carbons (Fsp3) is 0.409. The Morgan fingerprint density at radius 3 is 2.54 bits per heavy atom. The third-order valence-corrected chi connectivity index (χ3v) is 6.94. The molecule has 2 aliphatic rings. The van der Waals surface area contributed by atoms with Crippen LogP contribution in [-0.4, -0.2) is 53.8 Å². The minimum absolute atomic E-state index is 0.181. The van der Waals surface area contributed by atoms with Gasteiger partial charge in [-0.3, -0.25) is 4.90 Å². The predicted octanol–water partition coefficient (Wildman–Crippen LogP) is 4.47. The summed E-state index contributed by atoms with van der Waals surface area (Å²) in [7, 11) is 0. The highest BCUT2D eigenvalue weighted by Gasteiger charge is 2.25. The van der Waals surface area contributed by atoms with Crippen LogP contribution in [0, 0.1) is 5.82 Å². The molecular formula is C22H26FN3OS. The van der Waals surface area contributed by atoms with E-state index in [4.69, 9.17) is 0 Å². The van der Waals surface area contributed by atoms with Crippen molar-refractivity contribution in [3.63, 3.8) is 0 Å². The summed E-state index contributed by atoms with van der Waals surface area (Å²) in [6.45, 7) is 5.15. The summed E-state index contributed by atoms with van der Waals surface area (Å²) in [5.74, 6) is -0.181. The van der Waals surface area contributed by atoms with Crippen molar-refractivity contribution in [1.29, 1.82) is 0 Å². The Kier molecular flexibility index (Phi) is 6.17. The Balaban J connectivity index is 1.23. The van der Waals surface area contributed by atoms with Crippen LogP contribution in [0.2, 0.25) is 0 Å². The second-order valence-corrected chi connectivity index (χ2v) is 8.78. The summed E-state index contributed by atoms with van der Waals surface area (Å²) < 4.78 is 13.1. The van der Waals surface area contributed by atoms with E-state index in [1.807, 2.05) is 42.1 Å². The number of nitrogens with zero attached hydrogens (tertiary/aromatic N) is 3. The minimum Gasteiger partial charge on any atom is -0.411 e. The topological polar surface area (TPSA) is 39.1 Å². The summed E-state index contributed by atoms with van der Waals surface area (Å²) >= 11 is 1.91. The van der Waals surface area contributed by atoms with Crippen molar-refractivity contribution in [2.24, 2.45) is 5.16 Å². The lowest BCUT2D eigenvalue weighted by molar-refractivity contribution is 0.252. The second kappa shape index (κ2) is 8.97. The lowest BCUT2D eigenvalue weighted by atomic mass is 10.0. The van der Waals surface area contributed by atoms with Gasteiger partial charge in [-0.15, -0.1) is 11.8 Å². The maximum atomic E-state index is 13.1. The number of benzene rings is 2. The Hall–Kier alpha value is -2.05. The third kappa shape index (κ3) is 4.50. The maximum absolute atomic E-state index is 13.1. The van der Waals surface area contributed by atoms with E-state index >= 15 is 0 Å². The van der Waals surface area contributed by atoms with E-state index in [2.05, 4.69) is 21.0 Å². The van der Waals surface area contributed by atoms with Gasteiger partial charge in [-0.2, -0.15) is 0 Å². The molecule has 2 heterocycles. The van der Waals surface area contributed by atoms with Crippen molar-refractivity contribution >= 4 is 23.2 Å². The van der Waals surface area contributed by atoms with E-state index in [1.165, 1.54) is 17.0 Å². The molecule has 0 bridgehead atoms. The molecule has 0 radical (unpaired) electrons. The Bertz CT molecular complexity index is 819. The number of hydrogen-bond donors (Lipinski definition) is 1. The Morgan fingerprint density at radius 1 is 1.04 bits per heavy atom. The van der Waals surface area contributed by atoms with Gasteiger partial charge in [0.2, 0.25) is 0 Å². The molecule has 0 aromatic heterocycles. The third-order valence-electron chi connectivity index (χ3n) is 5.60. The zero-order chi connectivity index (χ0) is 19.3. The van der Waals surface area contributed by atoms with Gasteiger partial charge in [0, 0.05) is 54.0 Å². The zero-order valence-corrected chi connectivity index (χ0v) is 16.7. The van der Waals surface area contributed by atoms with Crippen LogP contribution >= 0.6 is 11.8 Å². The quantitative estimate of drug-likeness (QED) is 0.595. The smallest absolute Gasteiger partial charge is 0.123 e. The van der Waals surface area contributed by atoms with Crippen LogP contribution in [0.15, 0.2) is 58.6 Å². The summed E-state index contributed by atoms with van der Waals surface area (Å²) in [4.78, 5) is 6.07. The van der Waals surface area contributed by atoms with Crippen molar-refractivity contribution in [3.05, 3.63) is 59.9 Å². The highest BCUT2D eigenvalue weighted by molar-refractivity contribution is 8.00. The Morgan fingerprint density at radius 2 is 1.79 bits per heavy atom. The largest absolute Gasteiger partial charge is 0.411 e. The molecule has 0 aliphatic carbocycles. The molecule has 0 saturated carbocycles. The number of anilines is 1. The average molecular weight is 400 g/mol. The molecule has 4 nitrogen and oxygen atoms in total. The molecule has 1 saturated heterocycles. The van der Waals surface area contributed by atoms with Gasteiger partial charge in [0.1, 0.15) is 5.82 Å². The molecule has 1 atom stereocenters. The van der Waals surface area contributed by atoms with E-state index in [9.17, 15) is 9.60 Å². The number of piperazine rings is 1. The molecule has 148 valence electrons. The van der Waals surface area contributed by atoms with Crippen LogP contribution in [0.25, 0.3) is 0 Å². The second-order valence-electron chi connectivity index (χ2n) is 7.43. The van der Waals surface area contributed by atoms with Gasteiger partial charge in [0.05, 0.1) is 5.71 Å². The van der Waals surface area contributed by atoms with E-state index in [-0.39, 0.29) is 5.82 Å². The highest BCUT2D eigenvalue weighted by atomic mass is 32.2. The van der Waals surface area contributed by atoms with Gasteiger partial charge in [-0.1, -0.05) is 23.4 Å². The fourth-order valence-electron chi connectivity index (χ4n) is 4.03.